The molecule has 1 saturated heterocycles. The zero-order valence-electron chi connectivity index (χ0n) is 13.4. The number of aromatic amines is 1. The number of hydrogen-bond donors (Lipinski definition) is 2. The molecule has 0 spiro atoms. The van der Waals surface area contributed by atoms with Crippen molar-refractivity contribution in [1.29, 1.82) is 5.26 Å². The van der Waals surface area contributed by atoms with Gasteiger partial charge in [0.2, 0.25) is 0 Å². The fourth-order valence-corrected chi connectivity index (χ4v) is 2.72. The molecule has 0 atom stereocenters. The number of nitrogens with one attached hydrogen (secondary N) is 2. The minimum Gasteiger partial charge on any atom is -0.317 e. The van der Waals surface area contributed by atoms with Crippen molar-refractivity contribution in [2.45, 2.75) is 46.0 Å². The third-order valence-electron chi connectivity index (χ3n) is 3.69. The molecule has 22 heavy (non-hydrogen) atoms. The van der Waals surface area contributed by atoms with Gasteiger partial charge in [0.25, 0.3) is 5.56 Å². The summed E-state index contributed by atoms with van der Waals surface area (Å²) in [6.07, 6.45) is 3.22. The number of fused-ring (bicyclic) bond motifs is 1. The number of rotatable bonds is 1. The van der Waals surface area contributed by atoms with Gasteiger partial charge in [0, 0.05) is 12.0 Å². The molecule has 3 heterocycles. The first-order valence-corrected chi connectivity index (χ1v) is 7.85. The summed E-state index contributed by atoms with van der Waals surface area (Å²) in [6, 6.07) is 3.72. The van der Waals surface area contributed by atoms with Crippen LogP contribution in [0.5, 0.6) is 0 Å². The summed E-state index contributed by atoms with van der Waals surface area (Å²) in [5.74, 6) is 0.317. The molecule has 0 unspecified atom stereocenters. The van der Waals surface area contributed by atoms with Crippen molar-refractivity contribution < 1.29 is 0 Å². The fourth-order valence-electron chi connectivity index (χ4n) is 2.72. The zero-order valence-corrected chi connectivity index (χ0v) is 13.4. The Morgan fingerprint density at radius 1 is 1.41 bits per heavy atom. The molecule has 0 aromatic carbocycles. The number of nitrogens with zero attached hydrogens (tertiary/aromatic N) is 3. The molecule has 6 heteroatoms. The highest BCUT2D eigenvalue weighted by Crippen LogP contribution is 2.25. The summed E-state index contributed by atoms with van der Waals surface area (Å²) in [5.41, 5.74) is 2.36. The molecule has 1 aliphatic rings. The van der Waals surface area contributed by atoms with E-state index in [9.17, 15) is 4.79 Å². The normalized spacial score (nSPS) is 15.2. The van der Waals surface area contributed by atoms with E-state index in [1.807, 2.05) is 0 Å². The molecule has 2 aromatic heterocycles. The van der Waals surface area contributed by atoms with Gasteiger partial charge in [-0.15, -0.1) is 0 Å². The van der Waals surface area contributed by atoms with E-state index in [4.69, 9.17) is 5.26 Å². The van der Waals surface area contributed by atoms with E-state index < -0.39 is 0 Å². The SMILES string of the molecule is CCC.Cc1nn2c(C3CCNCC3)cc(=O)[nH]c2c1C#N. The molecule has 1 aliphatic heterocycles. The van der Waals surface area contributed by atoms with E-state index in [-0.39, 0.29) is 5.56 Å². The lowest BCUT2D eigenvalue weighted by atomic mass is 9.94. The third kappa shape index (κ3) is 3.20. The van der Waals surface area contributed by atoms with Crippen molar-refractivity contribution in [3.8, 4) is 6.07 Å². The van der Waals surface area contributed by atoms with Crippen LogP contribution in [0.3, 0.4) is 0 Å². The van der Waals surface area contributed by atoms with Crippen LogP contribution in [0, 0.1) is 18.3 Å². The van der Waals surface area contributed by atoms with E-state index in [0.29, 0.717) is 22.8 Å². The van der Waals surface area contributed by atoms with Gasteiger partial charge < -0.3 is 10.3 Å². The van der Waals surface area contributed by atoms with E-state index in [1.165, 1.54) is 6.42 Å². The maximum Gasteiger partial charge on any atom is 0.251 e. The highest BCUT2D eigenvalue weighted by Gasteiger charge is 2.21. The summed E-state index contributed by atoms with van der Waals surface area (Å²) in [6.45, 7) is 7.94. The second-order valence-electron chi connectivity index (χ2n) is 5.62. The maximum atomic E-state index is 11.8. The van der Waals surface area contributed by atoms with Crippen LogP contribution in [0.15, 0.2) is 10.9 Å². The lowest BCUT2D eigenvalue weighted by Crippen LogP contribution is -2.28. The maximum absolute atomic E-state index is 11.8. The van der Waals surface area contributed by atoms with Crippen LogP contribution in [-0.4, -0.2) is 27.7 Å². The van der Waals surface area contributed by atoms with Crippen molar-refractivity contribution in [2.24, 2.45) is 0 Å². The summed E-state index contributed by atoms with van der Waals surface area (Å²) in [4.78, 5) is 14.5. The molecular formula is C16H23N5O. The van der Waals surface area contributed by atoms with Crippen LogP contribution in [0.1, 0.15) is 56.0 Å². The Kier molecular flexibility index (Phi) is 5.34. The predicted octanol–water partition coefficient (Wildman–Crippen LogP) is 2.09. The van der Waals surface area contributed by atoms with Crippen LogP contribution >= 0.6 is 0 Å². The quantitative estimate of drug-likeness (QED) is 0.844. The van der Waals surface area contributed by atoms with Gasteiger partial charge in [-0.2, -0.15) is 10.4 Å². The first-order chi connectivity index (χ1) is 10.6. The minimum atomic E-state index is -0.169. The molecule has 0 bridgehead atoms. The van der Waals surface area contributed by atoms with Crippen LogP contribution in [0.2, 0.25) is 0 Å². The zero-order chi connectivity index (χ0) is 16.1. The Labute approximate surface area is 130 Å². The fraction of sp³-hybridized carbons (Fsp3) is 0.562. The number of hydrogen-bond acceptors (Lipinski definition) is 4. The van der Waals surface area contributed by atoms with Crippen LogP contribution < -0.4 is 10.9 Å². The lowest BCUT2D eigenvalue weighted by molar-refractivity contribution is 0.446. The van der Waals surface area contributed by atoms with Crippen LogP contribution in [0.25, 0.3) is 5.65 Å². The average Bonchev–Trinajstić information content (AvgIpc) is 2.83. The molecule has 118 valence electrons. The summed E-state index contributed by atoms with van der Waals surface area (Å²) >= 11 is 0. The van der Waals surface area contributed by atoms with E-state index >= 15 is 0 Å². The van der Waals surface area contributed by atoms with E-state index in [1.54, 1.807) is 17.5 Å². The molecular weight excluding hydrogens is 278 g/mol. The number of aromatic nitrogens is 3. The lowest BCUT2D eigenvalue weighted by Gasteiger charge is -2.23. The summed E-state index contributed by atoms with van der Waals surface area (Å²) in [5, 5.41) is 16.9. The monoisotopic (exact) mass is 301 g/mol. The Morgan fingerprint density at radius 2 is 2.05 bits per heavy atom. The molecule has 0 saturated carbocycles. The predicted molar refractivity (Wildman–Crippen MR) is 86.1 cm³/mol. The average molecular weight is 301 g/mol. The molecule has 6 nitrogen and oxygen atoms in total. The largest absolute Gasteiger partial charge is 0.317 e. The molecule has 2 aromatic rings. The number of aryl methyl sites for hydroxylation is 1. The van der Waals surface area contributed by atoms with Gasteiger partial charge in [-0.1, -0.05) is 20.3 Å². The van der Waals surface area contributed by atoms with Gasteiger partial charge in [-0.25, -0.2) is 4.52 Å². The molecule has 3 rings (SSSR count). The van der Waals surface area contributed by atoms with Gasteiger partial charge in [0.1, 0.15) is 11.6 Å². The van der Waals surface area contributed by atoms with Crippen molar-refractivity contribution in [2.75, 3.05) is 13.1 Å². The first kappa shape index (κ1) is 16.2. The van der Waals surface area contributed by atoms with Crippen LogP contribution in [0.4, 0.5) is 0 Å². The Hall–Kier alpha value is -2.13. The van der Waals surface area contributed by atoms with Gasteiger partial charge in [0.15, 0.2) is 5.65 Å². The Balaban J connectivity index is 0.000000545. The number of H-pyrrole nitrogens is 1. The highest BCUT2D eigenvalue weighted by molar-refractivity contribution is 5.57. The van der Waals surface area contributed by atoms with Crippen molar-refractivity contribution in [3.05, 3.63) is 33.4 Å². The standard InChI is InChI=1S/C13H15N5O.C3H8/c1-8-10(7-14)13-16-12(19)6-11(18(13)17-8)9-2-4-15-5-3-9;1-3-2/h6,9,15H,2-5H2,1H3,(H,16,19);3H2,1-2H3. The first-order valence-electron chi connectivity index (χ1n) is 7.85. The topological polar surface area (TPSA) is 86.0 Å². The molecule has 2 N–H and O–H groups in total. The smallest absolute Gasteiger partial charge is 0.251 e. The van der Waals surface area contributed by atoms with Crippen molar-refractivity contribution >= 4 is 5.65 Å². The van der Waals surface area contributed by atoms with Gasteiger partial charge in [0.05, 0.1) is 11.4 Å². The summed E-state index contributed by atoms with van der Waals surface area (Å²) < 4.78 is 1.73. The summed E-state index contributed by atoms with van der Waals surface area (Å²) in [7, 11) is 0. The second kappa shape index (κ2) is 7.23. The van der Waals surface area contributed by atoms with Gasteiger partial charge >= 0.3 is 0 Å². The number of nitriles is 1. The molecule has 0 radical (unpaired) electrons. The van der Waals surface area contributed by atoms with E-state index in [0.717, 1.165) is 31.6 Å². The van der Waals surface area contributed by atoms with Crippen LogP contribution in [-0.2, 0) is 0 Å². The second-order valence-corrected chi connectivity index (χ2v) is 5.62. The highest BCUT2D eigenvalue weighted by atomic mass is 16.1. The Morgan fingerprint density at radius 3 is 2.64 bits per heavy atom. The van der Waals surface area contributed by atoms with Crippen molar-refractivity contribution in [1.82, 2.24) is 19.9 Å². The van der Waals surface area contributed by atoms with Crippen molar-refractivity contribution in [3.63, 3.8) is 0 Å². The molecule has 0 amide bonds. The molecule has 1 fully saturated rings. The van der Waals surface area contributed by atoms with E-state index in [2.05, 4.69) is 35.3 Å². The third-order valence-corrected chi connectivity index (χ3v) is 3.69. The minimum absolute atomic E-state index is 0.169. The van der Waals surface area contributed by atoms with Gasteiger partial charge in [-0.3, -0.25) is 4.79 Å². The Bertz CT molecular complexity index is 731. The number of piperidine rings is 1. The molecule has 0 aliphatic carbocycles. The van der Waals surface area contributed by atoms with Gasteiger partial charge in [-0.05, 0) is 32.9 Å².